The molecule has 0 aliphatic carbocycles. The molecule has 0 aliphatic rings. The van der Waals surface area contributed by atoms with E-state index in [-0.39, 0.29) is 11.4 Å². The third-order valence-corrected chi connectivity index (χ3v) is 5.50. The molecule has 0 radical (unpaired) electrons. The number of hydrogen-bond acceptors (Lipinski definition) is 5. The first-order valence-corrected chi connectivity index (χ1v) is 11.3. The fraction of sp³-hybridized carbons (Fsp3) is 0.0800. The Morgan fingerprint density at radius 1 is 1.06 bits per heavy atom. The summed E-state index contributed by atoms with van der Waals surface area (Å²) in [4.78, 5) is 27.5. The summed E-state index contributed by atoms with van der Waals surface area (Å²) < 4.78 is 0.393. The zero-order chi connectivity index (χ0) is 24.7. The highest BCUT2D eigenvalue weighted by Crippen LogP contribution is 2.30. The lowest BCUT2D eigenvalue weighted by Crippen LogP contribution is -2.32. The van der Waals surface area contributed by atoms with Crippen molar-refractivity contribution >= 4 is 57.3 Å². The summed E-state index contributed by atoms with van der Waals surface area (Å²) in [6.07, 6.45) is 2.81. The molecule has 3 aromatic rings. The maximum atomic E-state index is 12.9. The van der Waals surface area contributed by atoms with Gasteiger partial charge in [0.1, 0.15) is 11.4 Å². The summed E-state index contributed by atoms with van der Waals surface area (Å²) in [5.74, 6) is -1.15. The van der Waals surface area contributed by atoms with E-state index in [1.54, 1.807) is 36.4 Å². The maximum Gasteiger partial charge on any atom is 0.287 e. The summed E-state index contributed by atoms with van der Waals surface area (Å²) >= 11 is 9.20. The highest BCUT2D eigenvalue weighted by atomic mass is 79.9. The summed E-state index contributed by atoms with van der Waals surface area (Å²) in [6.45, 7) is 0. The number of phenols is 1. The molecule has 0 spiro atoms. The number of hydrogen-bond donors (Lipinski definition) is 3. The van der Waals surface area contributed by atoms with E-state index >= 15 is 0 Å². The number of aromatic hydroxyl groups is 1. The van der Waals surface area contributed by atoms with Gasteiger partial charge in [-0.3, -0.25) is 9.59 Å². The lowest BCUT2D eigenvalue weighted by molar-refractivity contribution is -0.117. The molecular formula is C25H22BrClN4O3. The lowest BCUT2D eigenvalue weighted by Gasteiger charge is -2.12. The number of halogens is 2. The summed E-state index contributed by atoms with van der Waals surface area (Å²) in [5, 5.41) is 17.0. The Morgan fingerprint density at radius 2 is 1.74 bits per heavy atom. The van der Waals surface area contributed by atoms with Crippen molar-refractivity contribution in [2.45, 2.75) is 0 Å². The Bertz CT molecular complexity index is 1240. The number of amides is 2. The van der Waals surface area contributed by atoms with Gasteiger partial charge in [-0.25, -0.2) is 5.43 Å². The number of anilines is 1. The summed E-state index contributed by atoms with van der Waals surface area (Å²) in [5.41, 5.74) is 4.79. The standard InChI is InChI=1S/C25H22BrClN4O3/c1-31(2)20-10-8-16(9-11-20)12-22(29-24(33)17-6-4-3-5-7-17)25(34)30-28-15-18-13-19(27)14-21(26)23(18)32/h3-15,32H,1-2H3,(H,29,33)(H,30,34)/b22-12+,28-15-. The second-order valence-electron chi connectivity index (χ2n) is 7.39. The minimum Gasteiger partial charge on any atom is -0.506 e. The van der Waals surface area contributed by atoms with Crippen molar-refractivity contribution in [1.82, 2.24) is 10.7 Å². The van der Waals surface area contributed by atoms with Crippen LogP contribution in [0, 0.1) is 0 Å². The van der Waals surface area contributed by atoms with E-state index in [0.717, 1.165) is 5.69 Å². The number of nitrogens with zero attached hydrogens (tertiary/aromatic N) is 2. The average Bonchev–Trinajstić information content (AvgIpc) is 2.82. The molecule has 0 unspecified atom stereocenters. The van der Waals surface area contributed by atoms with E-state index in [2.05, 4.69) is 31.8 Å². The predicted octanol–water partition coefficient (Wildman–Crippen LogP) is 4.80. The number of carbonyl (C=O) groups excluding carboxylic acids is 2. The summed E-state index contributed by atoms with van der Waals surface area (Å²) in [7, 11) is 3.86. The van der Waals surface area contributed by atoms with E-state index in [1.807, 2.05) is 43.3 Å². The molecule has 0 aromatic heterocycles. The van der Waals surface area contributed by atoms with Gasteiger partial charge >= 0.3 is 0 Å². The first kappa shape index (κ1) is 25.0. The van der Waals surface area contributed by atoms with Crippen molar-refractivity contribution in [3.8, 4) is 5.75 Å². The van der Waals surface area contributed by atoms with Crippen LogP contribution in [0.1, 0.15) is 21.5 Å². The molecule has 0 saturated carbocycles. The van der Waals surface area contributed by atoms with Crippen molar-refractivity contribution in [2.24, 2.45) is 5.10 Å². The fourth-order valence-corrected chi connectivity index (χ4v) is 3.72. The van der Waals surface area contributed by atoms with Gasteiger partial charge in [0.15, 0.2) is 0 Å². The van der Waals surface area contributed by atoms with Crippen LogP contribution in [0.5, 0.6) is 5.75 Å². The van der Waals surface area contributed by atoms with Gasteiger partial charge < -0.3 is 15.3 Å². The Balaban J connectivity index is 1.84. The Morgan fingerprint density at radius 3 is 2.38 bits per heavy atom. The molecule has 0 atom stereocenters. The number of hydrazone groups is 1. The van der Waals surface area contributed by atoms with Gasteiger partial charge in [-0.1, -0.05) is 41.9 Å². The molecule has 34 heavy (non-hydrogen) atoms. The molecule has 3 N–H and O–H groups in total. The van der Waals surface area contributed by atoms with Crippen molar-refractivity contribution in [3.05, 3.63) is 98.6 Å². The van der Waals surface area contributed by atoms with Gasteiger partial charge in [-0.15, -0.1) is 0 Å². The zero-order valence-electron chi connectivity index (χ0n) is 18.4. The van der Waals surface area contributed by atoms with Crippen LogP contribution in [-0.2, 0) is 4.79 Å². The minimum absolute atomic E-state index is 0.0000951. The van der Waals surface area contributed by atoms with Crippen LogP contribution in [0.15, 0.2) is 82.0 Å². The van der Waals surface area contributed by atoms with Gasteiger partial charge in [-0.05, 0) is 64.0 Å². The predicted molar refractivity (Wildman–Crippen MR) is 139 cm³/mol. The van der Waals surface area contributed by atoms with Gasteiger partial charge in [0.05, 0.1) is 10.7 Å². The van der Waals surface area contributed by atoms with E-state index in [9.17, 15) is 14.7 Å². The number of rotatable bonds is 7. The molecule has 3 rings (SSSR count). The maximum absolute atomic E-state index is 12.9. The normalized spacial score (nSPS) is 11.4. The lowest BCUT2D eigenvalue weighted by atomic mass is 10.1. The van der Waals surface area contributed by atoms with E-state index < -0.39 is 11.8 Å². The molecule has 0 saturated heterocycles. The third-order valence-electron chi connectivity index (χ3n) is 4.68. The molecule has 0 heterocycles. The van der Waals surface area contributed by atoms with E-state index in [1.165, 1.54) is 18.3 Å². The second-order valence-corrected chi connectivity index (χ2v) is 8.68. The highest BCUT2D eigenvalue weighted by molar-refractivity contribution is 9.10. The minimum atomic E-state index is -0.641. The average molecular weight is 542 g/mol. The van der Waals surface area contributed by atoms with Gasteiger partial charge in [0, 0.05) is 35.9 Å². The van der Waals surface area contributed by atoms with E-state index in [0.29, 0.717) is 26.2 Å². The Labute approximate surface area is 210 Å². The van der Waals surface area contributed by atoms with Gasteiger partial charge in [0.2, 0.25) is 0 Å². The molecule has 0 bridgehead atoms. The molecule has 2 amide bonds. The molecule has 0 aliphatic heterocycles. The van der Waals surface area contributed by atoms with Crippen LogP contribution in [0.3, 0.4) is 0 Å². The van der Waals surface area contributed by atoms with Gasteiger partial charge in [0.25, 0.3) is 11.8 Å². The SMILES string of the molecule is CN(C)c1ccc(/C=C(/NC(=O)c2ccccc2)C(=O)N/N=C\c2cc(Cl)cc(Br)c2O)cc1. The van der Waals surface area contributed by atoms with Crippen molar-refractivity contribution < 1.29 is 14.7 Å². The highest BCUT2D eigenvalue weighted by Gasteiger charge is 2.14. The van der Waals surface area contributed by atoms with Crippen LogP contribution in [-0.4, -0.2) is 37.2 Å². The van der Waals surface area contributed by atoms with Crippen molar-refractivity contribution in [3.63, 3.8) is 0 Å². The van der Waals surface area contributed by atoms with Crippen LogP contribution in [0.4, 0.5) is 5.69 Å². The number of nitrogens with one attached hydrogen (secondary N) is 2. The first-order valence-electron chi connectivity index (χ1n) is 10.1. The zero-order valence-corrected chi connectivity index (χ0v) is 20.8. The molecule has 0 fully saturated rings. The molecule has 3 aromatic carbocycles. The van der Waals surface area contributed by atoms with Crippen LogP contribution < -0.4 is 15.6 Å². The molecule has 7 nitrogen and oxygen atoms in total. The quantitative estimate of drug-likeness (QED) is 0.228. The van der Waals surface area contributed by atoms with Crippen LogP contribution in [0.2, 0.25) is 5.02 Å². The largest absolute Gasteiger partial charge is 0.506 e. The smallest absolute Gasteiger partial charge is 0.287 e. The molecular weight excluding hydrogens is 520 g/mol. The first-order chi connectivity index (χ1) is 16.2. The van der Waals surface area contributed by atoms with E-state index in [4.69, 9.17) is 11.6 Å². The number of phenolic OH excluding ortho intramolecular Hbond substituents is 1. The Kier molecular flexibility index (Phi) is 8.45. The molecule has 9 heteroatoms. The van der Waals surface area contributed by atoms with Crippen molar-refractivity contribution in [2.75, 3.05) is 19.0 Å². The number of carbonyl (C=O) groups is 2. The van der Waals surface area contributed by atoms with Gasteiger partial charge in [-0.2, -0.15) is 5.10 Å². The van der Waals surface area contributed by atoms with Crippen molar-refractivity contribution in [1.29, 1.82) is 0 Å². The summed E-state index contributed by atoms with van der Waals surface area (Å²) in [6, 6.07) is 19.1. The second kappa shape index (κ2) is 11.5. The third kappa shape index (κ3) is 6.69. The topological polar surface area (TPSA) is 94.0 Å². The van der Waals surface area contributed by atoms with Crippen LogP contribution in [0.25, 0.3) is 6.08 Å². The monoisotopic (exact) mass is 540 g/mol. The van der Waals surface area contributed by atoms with Crippen LogP contribution >= 0.6 is 27.5 Å². The fourth-order valence-electron chi connectivity index (χ4n) is 2.88. The number of benzene rings is 3. The molecule has 174 valence electrons. The Hall–Kier alpha value is -3.62.